The van der Waals surface area contributed by atoms with E-state index >= 15 is 0 Å². The summed E-state index contributed by atoms with van der Waals surface area (Å²) in [7, 11) is 0. The van der Waals surface area contributed by atoms with E-state index in [0.717, 1.165) is 22.5 Å². The summed E-state index contributed by atoms with van der Waals surface area (Å²) in [5.74, 6) is 1.03. The SMILES string of the molecule is Cc1cccc(N2C(=O)CSC2c2ccc(NC(=O)CCCCl)cc2)c1. The van der Waals surface area contributed by atoms with E-state index in [9.17, 15) is 9.59 Å². The maximum Gasteiger partial charge on any atom is 0.238 e. The van der Waals surface area contributed by atoms with Gasteiger partial charge in [0.1, 0.15) is 5.37 Å². The Morgan fingerprint density at radius 2 is 2.04 bits per heavy atom. The highest BCUT2D eigenvalue weighted by atomic mass is 35.5. The highest BCUT2D eigenvalue weighted by Crippen LogP contribution is 2.42. The van der Waals surface area contributed by atoms with Crippen LogP contribution in [0, 0.1) is 6.92 Å². The second-order valence-corrected chi connectivity index (χ2v) is 7.68. The van der Waals surface area contributed by atoms with Crippen molar-refractivity contribution < 1.29 is 9.59 Å². The van der Waals surface area contributed by atoms with Gasteiger partial charge in [-0.1, -0.05) is 24.3 Å². The van der Waals surface area contributed by atoms with Crippen LogP contribution in [-0.4, -0.2) is 23.4 Å². The fraction of sp³-hybridized carbons (Fsp3) is 0.300. The van der Waals surface area contributed by atoms with E-state index in [1.807, 2.05) is 60.4 Å². The van der Waals surface area contributed by atoms with Crippen molar-refractivity contribution in [1.82, 2.24) is 0 Å². The minimum absolute atomic E-state index is 0.0368. The number of hydrogen-bond acceptors (Lipinski definition) is 3. The van der Waals surface area contributed by atoms with E-state index < -0.39 is 0 Å². The highest BCUT2D eigenvalue weighted by molar-refractivity contribution is 8.00. The van der Waals surface area contributed by atoms with Gasteiger partial charge in [-0.05, 0) is 48.7 Å². The summed E-state index contributed by atoms with van der Waals surface area (Å²) in [6.07, 6.45) is 1.08. The van der Waals surface area contributed by atoms with E-state index in [-0.39, 0.29) is 17.2 Å². The lowest BCUT2D eigenvalue weighted by atomic mass is 10.1. The highest BCUT2D eigenvalue weighted by Gasteiger charge is 2.33. The number of thioether (sulfide) groups is 1. The lowest BCUT2D eigenvalue weighted by Crippen LogP contribution is -2.27. The van der Waals surface area contributed by atoms with Gasteiger partial charge in [-0.3, -0.25) is 14.5 Å². The van der Waals surface area contributed by atoms with Gasteiger partial charge in [0, 0.05) is 23.7 Å². The van der Waals surface area contributed by atoms with Crippen LogP contribution in [-0.2, 0) is 9.59 Å². The molecule has 4 nitrogen and oxygen atoms in total. The third-order valence-corrected chi connectivity index (χ3v) is 5.64. The second kappa shape index (κ2) is 8.60. The molecule has 0 bridgehead atoms. The Labute approximate surface area is 162 Å². The molecule has 2 aromatic carbocycles. The number of rotatable bonds is 6. The summed E-state index contributed by atoms with van der Waals surface area (Å²) < 4.78 is 0. The maximum absolute atomic E-state index is 12.4. The van der Waals surface area contributed by atoms with Crippen molar-refractivity contribution in [2.24, 2.45) is 0 Å². The predicted molar refractivity (Wildman–Crippen MR) is 109 cm³/mol. The Hall–Kier alpha value is -1.98. The third-order valence-electron chi connectivity index (χ3n) is 4.16. The topological polar surface area (TPSA) is 49.4 Å². The van der Waals surface area contributed by atoms with E-state index in [2.05, 4.69) is 5.32 Å². The normalized spacial score (nSPS) is 16.8. The molecule has 2 aromatic rings. The first-order valence-corrected chi connectivity index (χ1v) is 10.1. The molecule has 0 aliphatic carbocycles. The number of halogens is 1. The van der Waals surface area contributed by atoms with E-state index in [1.54, 1.807) is 11.8 Å². The average Bonchev–Trinajstić information content (AvgIpc) is 3.02. The van der Waals surface area contributed by atoms with Crippen molar-refractivity contribution in [3.63, 3.8) is 0 Å². The Morgan fingerprint density at radius 1 is 1.27 bits per heavy atom. The van der Waals surface area contributed by atoms with Crippen molar-refractivity contribution >= 4 is 46.6 Å². The molecule has 6 heteroatoms. The minimum atomic E-state index is -0.0506. The monoisotopic (exact) mass is 388 g/mol. The first-order chi connectivity index (χ1) is 12.6. The van der Waals surface area contributed by atoms with Gasteiger partial charge in [0.15, 0.2) is 0 Å². The van der Waals surface area contributed by atoms with E-state index in [1.165, 1.54) is 0 Å². The Morgan fingerprint density at radius 3 is 2.73 bits per heavy atom. The van der Waals surface area contributed by atoms with Crippen LogP contribution in [0.2, 0.25) is 0 Å². The third kappa shape index (κ3) is 4.40. The largest absolute Gasteiger partial charge is 0.326 e. The minimum Gasteiger partial charge on any atom is -0.326 e. The summed E-state index contributed by atoms with van der Waals surface area (Å²) in [6, 6.07) is 15.7. The molecule has 1 atom stereocenters. The fourth-order valence-electron chi connectivity index (χ4n) is 2.91. The first kappa shape index (κ1) is 18.8. The quantitative estimate of drug-likeness (QED) is 0.727. The number of alkyl halides is 1. The lowest BCUT2D eigenvalue weighted by Gasteiger charge is -2.25. The van der Waals surface area contributed by atoms with Crippen LogP contribution >= 0.6 is 23.4 Å². The van der Waals surface area contributed by atoms with Crippen molar-refractivity contribution in [3.05, 3.63) is 59.7 Å². The maximum atomic E-state index is 12.4. The molecule has 0 spiro atoms. The van der Waals surface area contributed by atoms with Crippen LogP contribution in [0.4, 0.5) is 11.4 Å². The van der Waals surface area contributed by atoms with Crippen LogP contribution in [0.25, 0.3) is 0 Å². The zero-order valence-electron chi connectivity index (χ0n) is 14.6. The van der Waals surface area contributed by atoms with Gasteiger partial charge in [-0.15, -0.1) is 23.4 Å². The molecule has 136 valence electrons. The van der Waals surface area contributed by atoms with Crippen LogP contribution in [0.15, 0.2) is 48.5 Å². The summed E-state index contributed by atoms with van der Waals surface area (Å²) in [6.45, 7) is 2.02. The summed E-state index contributed by atoms with van der Waals surface area (Å²) in [4.78, 5) is 26.1. The molecule has 1 aliphatic rings. The van der Waals surface area contributed by atoms with Crippen LogP contribution < -0.4 is 10.2 Å². The number of carbonyl (C=O) groups excluding carboxylic acids is 2. The van der Waals surface area contributed by atoms with Gasteiger partial charge < -0.3 is 5.32 Å². The van der Waals surface area contributed by atoms with E-state index in [0.29, 0.717) is 24.5 Å². The van der Waals surface area contributed by atoms with Crippen molar-refractivity contribution in [2.45, 2.75) is 25.1 Å². The van der Waals surface area contributed by atoms with Gasteiger partial charge in [0.05, 0.1) is 5.75 Å². The van der Waals surface area contributed by atoms with Gasteiger partial charge in [-0.25, -0.2) is 0 Å². The molecule has 1 aliphatic heterocycles. The second-order valence-electron chi connectivity index (χ2n) is 6.23. The smallest absolute Gasteiger partial charge is 0.238 e. The Bertz CT molecular complexity index is 795. The summed E-state index contributed by atoms with van der Waals surface area (Å²) in [5, 5.41) is 2.82. The first-order valence-electron chi connectivity index (χ1n) is 8.54. The van der Waals surface area contributed by atoms with Gasteiger partial charge >= 0.3 is 0 Å². The molecule has 26 heavy (non-hydrogen) atoms. The van der Waals surface area contributed by atoms with Gasteiger partial charge in [-0.2, -0.15) is 0 Å². The van der Waals surface area contributed by atoms with Crippen LogP contribution in [0.1, 0.15) is 29.3 Å². The molecule has 0 aromatic heterocycles. The number of aryl methyl sites for hydroxylation is 1. The van der Waals surface area contributed by atoms with Crippen molar-refractivity contribution in [3.8, 4) is 0 Å². The molecule has 0 radical (unpaired) electrons. The number of benzene rings is 2. The van der Waals surface area contributed by atoms with Crippen molar-refractivity contribution in [2.75, 3.05) is 21.8 Å². The van der Waals surface area contributed by atoms with Crippen LogP contribution in [0.3, 0.4) is 0 Å². The van der Waals surface area contributed by atoms with E-state index in [4.69, 9.17) is 11.6 Å². The van der Waals surface area contributed by atoms with Gasteiger partial charge in [0.2, 0.25) is 11.8 Å². The standard InChI is InChI=1S/C20H21ClN2O2S/c1-14-4-2-5-17(12-14)23-19(25)13-26-20(23)15-7-9-16(10-8-15)22-18(24)6-3-11-21/h2,4-5,7-10,12,20H,3,6,11,13H2,1H3,(H,22,24). The predicted octanol–water partition coefficient (Wildman–Crippen LogP) is 4.73. The molecule has 2 amide bonds. The molecular formula is C20H21ClN2O2S. The summed E-state index contributed by atoms with van der Waals surface area (Å²) >= 11 is 7.23. The molecule has 1 unspecified atom stereocenters. The molecule has 1 heterocycles. The van der Waals surface area contributed by atoms with Crippen molar-refractivity contribution in [1.29, 1.82) is 0 Å². The van der Waals surface area contributed by atoms with Crippen LogP contribution in [0.5, 0.6) is 0 Å². The molecular weight excluding hydrogens is 368 g/mol. The lowest BCUT2D eigenvalue weighted by molar-refractivity contribution is -0.116. The number of hydrogen-bond donors (Lipinski definition) is 1. The number of carbonyl (C=O) groups is 2. The molecule has 0 saturated carbocycles. The number of anilines is 2. The zero-order chi connectivity index (χ0) is 18.5. The Kier molecular flexibility index (Phi) is 6.22. The molecule has 1 saturated heterocycles. The number of nitrogens with zero attached hydrogens (tertiary/aromatic N) is 1. The molecule has 1 N–H and O–H groups in total. The molecule has 3 rings (SSSR count). The zero-order valence-corrected chi connectivity index (χ0v) is 16.1. The van der Waals surface area contributed by atoms with Gasteiger partial charge in [0.25, 0.3) is 0 Å². The fourth-order valence-corrected chi connectivity index (χ4v) is 4.22. The average molecular weight is 389 g/mol. The molecule has 1 fully saturated rings. The number of amides is 2. The number of nitrogens with one attached hydrogen (secondary N) is 1. The summed E-state index contributed by atoms with van der Waals surface area (Å²) in [5.41, 5.74) is 3.84. The Balaban J connectivity index is 1.75.